The van der Waals surface area contributed by atoms with Gasteiger partial charge < -0.3 is 4.74 Å². The molecule has 78 valence electrons. The van der Waals surface area contributed by atoms with Crippen LogP contribution in [0.3, 0.4) is 0 Å². The molecule has 0 saturated heterocycles. The molecule has 14 heavy (non-hydrogen) atoms. The number of aromatic nitrogens is 2. The summed E-state index contributed by atoms with van der Waals surface area (Å²) in [6, 6.07) is 1.58. The van der Waals surface area contributed by atoms with E-state index in [1.54, 1.807) is 6.07 Å². The third kappa shape index (κ3) is 2.92. The first kappa shape index (κ1) is 10.8. The molecule has 0 aromatic carbocycles. The molecule has 0 atom stereocenters. The van der Waals surface area contributed by atoms with Gasteiger partial charge in [-0.05, 0) is 5.92 Å². The monoisotopic (exact) mass is 217 g/mol. The van der Waals surface area contributed by atoms with E-state index < -0.39 is 6.09 Å². The zero-order valence-corrected chi connectivity index (χ0v) is 8.76. The van der Waals surface area contributed by atoms with Crippen molar-refractivity contribution < 1.29 is 9.53 Å². The van der Waals surface area contributed by atoms with Crippen molar-refractivity contribution in [2.75, 3.05) is 11.4 Å². The van der Waals surface area contributed by atoms with Crippen LogP contribution < -0.4 is 5.32 Å². The zero-order chi connectivity index (χ0) is 10.6. The lowest BCUT2D eigenvalue weighted by Gasteiger charge is -1.99. The molecule has 0 unspecified atom stereocenters. The summed E-state index contributed by atoms with van der Waals surface area (Å²) in [6.45, 7) is 4.04. The molecule has 0 aliphatic carbocycles. The van der Waals surface area contributed by atoms with Gasteiger partial charge in [0, 0.05) is 11.8 Å². The molecule has 1 aromatic rings. The van der Waals surface area contributed by atoms with Crippen molar-refractivity contribution in [3.8, 4) is 0 Å². The van der Waals surface area contributed by atoms with Crippen molar-refractivity contribution in [2.24, 2.45) is 0 Å². The number of alkyl halides is 1. The SMILES string of the molecule is CC(C)c1cc(NC(=O)OCCl)n[nH]1. The van der Waals surface area contributed by atoms with Gasteiger partial charge >= 0.3 is 6.09 Å². The van der Waals surface area contributed by atoms with Crippen molar-refractivity contribution in [1.82, 2.24) is 10.2 Å². The lowest BCUT2D eigenvalue weighted by Crippen LogP contribution is -2.12. The predicted molar refractivity (Wildman–Crippen MR) is 53.5 cm³/mol. The molecule has 0 bridgehead atoms. The Morgan fingerprint density at radius 2 is 2.50 bits per heavy atom. The smallest absolute Gasteiger partial charge is 0.414 e. The highest BCUT2D eigenvalue weighted by Crippen LogP contribution is 2.14. The fourth-order valence-electron chi connectivity index (χ4n) is 0.887. The highest BCUT2D eigenvalue weighted by molar-refractivity contribution is 6.17. The van der Waals surface area contributed by atoms with Crippen molar-refractivity contribution in [1.29, 1.82) is 0 Å². The number of H-pyrrole nitrogens is 1. The van der Waals surface area contributed by atoms with E-state index in [0.29, 0.717) is 11.7 Å². The first-order valence-electron chi connectivity index (χ1n) is 4.18. The average Bonchev–Trinajstić information content (AvgIpc) is 2.53. The third-order valence-corrected chi connectivity index (χ3v) is 1.74. The van der Waals surface area contributed by atoms with Crippen LogP contribution in [-0.2, 0) is 4.74 Å². The maximum atomic E-state index is 10.9. The normalized spacial score (nSPS) is 10.3. The Balaban J connectivity index is 2.55. The molecule has 0 radical (unpaired) electrons. The summed E-state index contributed by atoms with van der Waals surface area (Å²) in [7, 11) is 0. The van der Waals surface area contributed by atoms with Gasteiger partial charge in [-0.1, -0.05) is 25.4 Å². The summed E-state index contributed by atoms with van der Waals surface area (Å²) in [4.78, 5) is 10.9. The van der Waals surface area contributed by atoms with Gasteiger partial charge in [-0.25, -0.2) is 4.79 Å². The van der Waals surface area contributed by atoms with E-state index in [4.69, 9.17) is 11.6 Å². The van der Waals surface area contributed by atoms with Crippen LogP contribution in [-0.4, -0.2) is 22.4 Å². The van der Waals surface area contributed by atoms with Crippen LogP contribution in [0.4, 0.5) is 10.6 Å². The second kappa shape index (κ2) is 4.85. The summed E-state index contributed by atoms with van der Waals surface area (Å²) in [6.07, 6.45) is -0.609. The van der Waals surface area contributed by atoms with Crippen LogP contribution >= 0.6 is 11.6 Å². The molecule has 0 aliphatic rings. The topological polar surface area (TPSA) is 67.0 Å². The average molecular weight is 218 g/mol. The molecule has 1 amide bonds. The number of nitrogens with zero attached hydrogens (tertiary/aromatic N) is 1. The van der Waals surface area contributed by atoms with Gasteiger partial charge in [0.2, 0.25) is 0 Å². The summed E-state index contributed by atoms with van der Waals surface area (Å²) in [5, 5.41) is 9.11. The van der Waals surface area contributed by atoms with Gasteiger partial charge in [-0.3, -0.25) is 10.4 Å². The fourth-order valence-corrected chi connectivity index (χ4v) is 0.986. The van der Waals surface area contributed by atoms with Gasteiger partial charge in [0.1, 0.15) is 0 Å². The molecule has 0 aliphatic heterocycles. The molecule has 0 spiro atoms. The van der Waals surface area contributed by atoms with E-state index in [0.717, 1.165) is 5.69 Å². The van der Waals surface area contributed by atoms with E-state index in [1.165, 1.54) is 0 Å². The highest BCUT2D eigenvalue weighted by Gasteiger charge is 2.07. The van der Waals surface area contributed by atoms with Crippen LogP contribution in [0.1, 0.15) is 25.5 Å². The van der Waals surface area contributed by atoms with Gasteiger partial charge in [0.05, 0.1) is 0 Å². The van der Waals surface area contributed by atoms with E-state index in [1.807, 2.05) is 13.8 Å². The van der Waals surface area contributed by atoms with Crippen LogP contribution in [0.25, 0.3) is 0 Å². The van der Waals surface area contributed by atoms with Crippen LogP contribution in [0.2, 0.25) is 0 Å². The molecule has 2 N–H and O–H groups in total. The minimum absolute atomic E-state index is 0.173. The Bertz CT molecular complexity index is 311. The Morgan fingerprint density at radius 1 is 1.79 bits per heavy atom. The standard InChI is InChI=1S/C8H12ClN3O2/c1-5(2)6-3-7(12-11-6)10-8(13)14-4-9/h3,5H,4H2,1-2H3,(H2,10,11,12,13). The number of carbonyl (C=O) groups is 1. The number of carbonyl (C=O) groups excluding carboxylic acids is 1. The van der Waals surface area contributed by atoms with Gasteiger partial charge in [0.25, 0.3) is 0 Å². The quantitative estimate of drug-likeness (QED) is 0.764. The van der Waals surface area contributed by atoms with E-state index in [-0.39, 0.29) is 6.07 Å². The number of amides is 1. The predicted octanol–water partition coefficient (Wildman–Crippen LogP) is 2.28. The summed E-state index contributed by atoms with van der Waals surface area (Å²) < 4.78 is 4.48. The Morgan fingerprint density at radius 3 is 3.00 bits per heavy atom. The van der Waals surface area contributed by atoms with Gasteiger partial charge in [0.15, 0.2) is 11.9 Å². The number of anilines is 1. The highest BCUT2D eigenvalue weighted by atomic mass is 35.5. The van der Waals surface area contributed by atoms with Gasteiger partial charge in [-0.2, -0.15) is 5.10 Å². The second-order valence-electron chi connectivity index (χ2n) is 3.03. The second-order valence-corrected chi connectivity index (χ2v) is 3.25. The maximum absolute atomic E-state index is 10.9. The van der Waals surface area contributed by atoms with E-state index >= 15 is 0 Å². The number of halogens is 1. The van der Waals surface area contributed by atoms with Crippen LogP contribution in [0, 0.1) is 0 Å². The number of rotatable bonds is 3. The zero-order valence-electron chi connectivity index (χ0n) is 8.00. The molecule has 1 aromatic heterocycles. The molecule has 1 rings (SSSR count). The third-order valence-electron chi connectivity index (χ3n) is 1.64. The molecular formula is C8H12ClN3O2. The number of hydrogen-bond donors (Lipinski definition) is 2. The van der Waals surface area contributed by atoms with Crippen LogP contribution in [0.15, 0.2) is 6.07 Å². The van der Waals surface area contributed by atoms with Crippen LogP contribution in [0.5, 0.6) is 0 Å². The number of nitrogens with one attached hydrogen (secondary N) is 2. The van der Waals surface area contributed by atoms with Crippen molar-refractivity contribution >= 4 is 23.5 Å². The van der Waals surface area contributed by atoms with Crippen molar-refractivity contribution in [3.05, 3.63) is 11.8 Å². The lowest BCUT2D eigenvalue weighted by atomic mass is 10.1. The molecule has 5 nitrogen and oxygen atoms in total. The first-order chi connectivity index (χ1) is 6.63. The van der Waals surface area contributed by atoms with Crippen molar-refractivity contribution in [2.45, 2.75) is 19.8 Å². The minimum atomic E-state index is -0.609. The molecule has 0 saturated carbocycles. The number of aromatic amines is 1. The molecule has 6 heteroatoms. The maximum Gasteiger partial charge on any atom is 0.414 e. The first-order valence-corrected chi connectivity index (χ1v) is 4.72. The Labute approximate surface area is 86.8 Å². The Hall–Kier alpha value is -1.23. The number of hydrogen-bond acceptors (Lipinski definition) is 3. The van der Waals surface area contributed by atoms with Gasteiger partial charge in [-0.15, -0.1) is 0 Å². The number of ether oxygens (including phenoxy) is 1. The molecule has 0 fully saturated rings. The molecule has 1 heterocycles. The van der Waals surface area contributed by atoms with E-state index in [9.17, 15) is 4.79 Å². The summed E-state index contributed by atoms with van der Waals surface area (Å²) in [5.74, 6) is 0.769. The van der Waals surface area contributed by atoms with E-state index in [2.05, 4.69) is 20.3 Å². The molecular weight excluding hydrogens is 206 g/mol. The Kier molecular flexibility index (Phi) is 3.76. The summed E-state index contributed by atoms with van der Waals surface area (Å²) >= 11 is 5.21. The fraction of sp³-hybridized carbons (Fsp3) is 0.500. The van der Waals surface area contributed by atoms with Crippen molar-refractivity contribution in [3.63, 3.8) is 0 Å². The lowest BCUT2D eigenvalue weighted by molar-refractivity contribution is 0.180. The minimum Gasteiger partial charge on any atom is -0.433 e. The largest absolute Gasteiger partial charge is 0.433 e. The summed E-state index contributed by atoms with van der Waals surface area (Å²) in [5.41, 5.74) is 0.950.